The number of carbonyl (C=O) groups excluding carboxylic acids is 2. The standard InChI is InChI=1S/C34H56N4O6/c1-19(2)26(25(10-9-13-44-8)23-11-12-24-22(7)18-36-28(24)14-23)15-29(30(39)16-27(20(3)4)34(42)43)37-33(41)32(21(5)6)38-31(40)17-35/h11-12,14,18-21,25-27,29-30,32,36,39H,9-10,13,15-17,35H2,1-8H3,(H,37,41)(H,38,40)(H,42,43)/t25?,26-,27-,29-,30-,32?/m0/s1. The van der Waals surface area contributed by atoms with Crippen LogP contribution in [-0.4, -0.2) is 71.4 Å². The second-order valence-electron chi connectivity index (χ2n) is 13.3. The number of aliphatic carboxylic acids is 1. The summed E-state index contributed by atoms with van der Waals surface area (Å²) < 4.78 is 5.39. The fourth-order valence-corrected chi connectivity index (χ4v) is 6.22. The van der Waals surface area contributed by atoms with E-state index in [9.17, 15) is 24.6 Å². The van der Waals surface area contributed by atoms with Gasteiger partial charge in [-0.1, -0.05) is 53.7 Å². The third-order valence-corrected chi connectivity index (χ3v) is 8.96. The number of benzene rings is 1. The van der Waals surface area contributed by atoms with Gasteiger partial charge in [0.05, 0.1) is 24.6 Å². The number of nitrogens with two attached hydrogens (primary N) is 1. The molecular weight excluding hydrogens is 560 g/mol. The van der Waals surface area contributed by atoms with E-state index in [2.05, 4.69) is 54.6 Å². The van der Waals surface area contributed by atoms with Crippen LogP contribution in [0.15, 0.2) is 24.4 Å². The first-order chi connectivity index (χ1) is 20.7. The summed E-state index contributed by atoms with van der Waals surface area (Å²) in [6.45, 7) is 14.0. The van der Waals surface area contributed by atoms with Crippen LogP contribution in [0.5, 0.6) is 0 Å². The van der Waals surface area contributed by atoms with Crippen molar-refractivity contribution in [2.24, 2.45) is 35.3 Å². The summed E-state index contributed by atoms with van der Waals surface area (Å²) in [6, 6.07) is 4.90. The molecule has 0 aliphatic carbocycles. The van der Waals surface area contributed by atoms with E-state index in [1.807, 2.05) is 33.9 Å². The lowest BCUT2D eigenvalue weighted by molar-refractivity contribution is -0.144. The van der Waals surface area contributed by atoms with Gasteiger partial charge in [0.15, 0.2) is 0 Å². The molecule has 0 fully saturated rings. The van der Waals surface area contributed by atoms with E-state index in [1.54, 1.807) is 7.11 Å². The zero-order valence-corrected chi connectivity index (χ0v) is 27.9. The molecule has 0 spiro atoms. The van der Waals surface area contributed by atoms with E-state index < -0.39 is 41.9 Å². The number of carbonyl (C=O) groups is 3. The van der Waals surface area contributed by atoms with Crippen LogP contribution >= 0.6 is 0 Å². The Morgan fingerprint density at radius 1 is 1.00 bits per heavy atom. The number of amides is 2. The highest BCUT2D eigenvalue weighted by Gasteiger charge is 2.36. The predicted molar refractivity (Wildman–Crippen MR) is 174 cm³/mol. The number of rotatable bonds is 19. The Kier molecular flexibility index (Phi) is 14.8. The van der Waals surface area contributed by atoms with Crippen molar-refractivity contribution in [2.45, 2.75) is 98.3 Å². The van der Waals surface area contributed by atoms with E-state index in [4.69, 9.17) is 10.5 Å². The minimum atomic E-state index is -1.12. The number of carboxylic acids is 1. The number of H-pyrrole nitrogens is 1. The van der Waals surface area contributed by atoms with Crippen molar-refractivity contribution in [2.75, 3.05) is 20.3 Å². The second-order valence-corrected chi connectivity index (χ2v) is 13.3. The molecule has 2 amide bonds. The van der Waals surface area contributed by atoms with Crippen LogP contribution < -0.4 is 16.4 Å². The van der Waals surface area contributed by atoms with Crippen molar-refractivity contribution in [3.63, 3.8) is 0 Å². The summed E-state index contributed by atoms with van der Waals surface area (Å²) in [7, 11) is 1.69. The number of ether oxygens (including phenoxy) is 1. The largest absolute Gasteiger partial charge is 0.481 e. The monoisotopic (exact) mass is 616 g/mol. The highest BCUT2D eigenvalue weighted by molar-refractivity contribution is 5.88. The van der Waals surface area contributed by atoms with Crippen LogP contribution in [0.25, 0.3) is 10.9 Å². The minimum Gasteiger partial charge on any atom is -0.481 e. The molecule has 0 saturated heterocycles. The number of aromatic nitrogens is 1. The number of methoxy groups -OCH3 is 1. The third kappa shape index (κ3) is 10.3. The van der Waals surface area contributed by atoms with E-state index >= 15 is 0 Å². The van der Waals surface area contributed by atoms with Crippen LogP contribution in [0.4, 0.5) is 0 Å². The molecule has 1 aromatic carbocycles. The summed E-state index contributed by atoms with van der Waals surface area (Å²) in [6.07, 6.45) is 2.97. The summed E-state index contributed by atoms with van der Waals surface area (Å²) in [5.41, 5.74) is 8.90. The van der Waals surface area contributed by atoms with Crippen LogP contribution in [0.3, 0.4) is 0 Å². The molecule has 1 aromatic heterocycles. The lowest BCUT2D eigenvalue weighted by Gasteiger charge is -2.37. The number of aromatic amines is 1. The van der Waals surface area contributed by atoms with Crippen LogP contribution in [-0.2, 0) is 19.1 Å². The van der Waals surface area contributed by atoms with Gasteiger partial charge in [0.2, 0.25) is 11.8 Å². The SMILES string of the molecule is COCCCC(c1ccc2c(C)c[nH]c2c1)[C@@H](C[C@H](NC(=O)C(NC(=O)CN)C(C)C)[C@@H](O)C[C@H](C(=O)O)C(C)C)C(C)C. The smallest absolute Gasteiger partial charge is 0.306 e. The molecule has 2 aromatic rings. The highest BCUT2D eigenvalue weighted by Crippen LogP contribution is 2.39. The molecule has 7 N–H and O–H groups in total. The number of carboxylic acid groups (broad SMARTS) is 1. The first-order valence-electron chi connectivity index (χ1n) is 16.0. The number of aliphatic hydroxyl groups is 1. The van der Waals surface area contributed by atoms with Gasteiger partial charge in [0, 0.05) is 30.8 Å². The molecule has 0 bridgehead atoms. The van der Waals surface area contributed by atoms with Gasteiger partial charge in [-0.05, 0) is 79.4 Å². The maximum Gasteiger partial charge on any atom is 0.306 e. The van der Waals surface area contributed by atoms with Crippen molar-refractivity contribution >= 4 is 28.7 Å². The molecular formula is C34H56N4O6. The molecule has 0 aliphatic rings. The number of nitrogens with one attached hydrogen (secondary N) is 3. The Morgan fingerprint density at radius 2 is 1.68 bits per heavy atom. The van der Waals surface area contributed by atoms with Gasteiger partial charge < -0.3 is 36.3 Å². The molecule has 248 valence electrons. The molecule has 44 heavy (non-hydrogen) atoms. The van der Waals surface area contributed by atoms with E-state index in [1.165, 1.54) is 10.9 Å². The predicted octanol–water partition coefficient (Wildman–Crippen LogP) is 4.34. The summed E-state index contributed by atoms with van der Waals surface area (Å²) in [5, 5.41) is 28.4. The lowest BCUT2D eigenvalue weighted by Crippen LogP contribution is -2.56. The average molecular weight is 617 g/mol. The van der Waals surface area contributed by atoms with Gasteiger partial charge in [0.25, 0.3) is 0 Å². The molecule has 10 heteroatoms. The topological polar surface area (TPSA) is 167 Å². The van der Waals surface area contributed by atoms with Crippen LogP contribution in [0.2, 0.25) is 0 Å². The van der Waals surface area contributed by atoms with Crippen molar-refractivity contribution in [1.29, 1.82) is 0 Å². The Balaban J connectivity index is 2.53. The van der Waals surface area contributed by atoms with Gasteiger partial charge >= 0.3 is 5.97 Å². The maximum absolute atomic E-state index is 13.6. The molecule has 0 aliphatic heterocycles. The molecule has 0 radical (unpaired) electrons. The Hall–Kier alpha value is -2.95. The molecule has 6 atom stereocenters. The fourth-order valence-electron chi connectivity index (χ4n) is 6.22. The number of hydrogen-bond acceptors (Lipinski definition) is 6. The van der Waals surface area contributed by atoms with E-state index in [0.29, 0.717) is 13.0 Å². The van der Waals surface area contributed by atoms with Crippen LogP contribution in [0.1, 0.15) is 84.3 Å². The molecule has 2 rings (SSSR count). The van der Waals surface area contributed by atoms with E-state index in [0.717, 1.165) is 23.9 Å². The number of fused-ring (bicyclic) bond motifs is 1. The van der Waals surface area contributed by atoms with Gasteiger partial charge in [-0.2, -0.15) is 0 Å². The maximum atomic E-state index is 13.6. The third-order valence-electron chi connectivity index (χ3n) is 8.96. The molecule has 10 nitrogen and oxygen atoms in total. The van der Waals surface area contributed by atoms with Gasteiger partial charge in [-0.15, -0.1) is 0 Å². The Labute approximate surface area is 262 Å². The van der Waals surface area contributed by atoms with Crippen molar-refractivity contribution in [3.05, 3.63) is 35.5 Å². The van der Waals surface area contributed by atoms with Crippen molar-refractivity contribution in [1.82, 2.24) is 15.6 Å². The van der Waals surface area contributed by atoms with Crippen molar-refractivity contribution in [3.8, 4) is 0 Å². The number of hydrogen-bond donors (Lipinski definition) is 6. The zero-order valence-electron chi connectivity index (χ0n) is 27.9. The van der Waals surface area contributed by atoms with Gasteiger partial charge in [-0.3, -0.25) is 14.4 Å². The summed E-state index contributed by atoms with van der Waals surface area (Å²) in [5.74, 6) is -2.79. The fraction of sp³-hybridized carbons (Fsp3) is 0.676. The number of aliphatic hydroxyl groups excluding tert-OH is 1. The molecule has 1 heterocycles. The quantitative estimate of drug-likeness (QED) is 0.128. The minimum absolute atomic E-state index is 0.00762. The van der Waals surface area contributed by atoms with Crippen molar-refractivity contribution < 1.29 is 29.3 Å². The van der Waals surface area contributed by atoms with Gasteiger partial charge in [0.1, 0.15) is 6.04 Å². The summed E-state index contributed by atoms with van der Waals surface area (Å²) >= 11 is 0. The zero-order chi connectivity index (χ0) is 33.1. The summed E-state index contributed by atoms with van der Waals surface area (Å²) in [4.78, 5) is 41.2. The Morgan fingerprint density at radius 3 is 2.23 bits per heavy atom. The van der Waals surface area contributed by atoms with Crippen LogP contribution in [0, 0.1) is 36.5 Å². The Bertz CT molecular complexity index is 1210. The normalized spacial score (nSPS) is 16.1. The lowest BCUT2D eigenvalue weighted by atomic mass is 9.72. The van der Waals surface area contributed by atoms with Gasteiger partial charge in [-0.25, -0.2) is 0 Å². The van der Waals surface area contributed by atoms with E-state index in [-0.39, 0.29) is 42.6 Å². The highest BCUT2D eigenvalue weighted by atomic mass is 16.5. The first-order valence-corrected chi connectivity index (χ1v) is 16.0. The molecule has 2 unspecified atom stereocenters. The average Bonchev–Trinajstić information content (AvgIpc) is 3.33. The molecule has 0 saturated carbocycles. The first kappa shape index (κ1) is 37.2. The number of aryl methyl sites for hydroxylation is 1. The second kappa shape index (κ2) is 17.5.